The summed E-state index contributed by atoms with van der Waals surface area (Å²) in [5.41, 5.74) is 6.12. The molecule has 5 aromatic heterocycles. The summed E-state index contributed by atoms with van der Waals surface area (Å²) in [5, 5.41) is 10.2. The highest BCUT2D eigenvalue weighted by molar-refractivity contribution is 7.26. The second-order valence-electron chi connectivity index (χ2n) is 10.4. The highest BCUT2D eigenvalue weighted by atomic mass is 32.1. The summed E-state index contributed by atoms with van der Waals surface area (Å²) in [6.45, 7) is 0. The number of hydrogen-bond acceptors (Lipinski definition) is 2. The topological polar surface area (TPSA) is 22.2 Å². The van der Waals surface area contributed by atoms with E-state index in [0.717, 1.165) is 5.82 Å². The van der Waals surface area contributed by atoms with Gasteiger partial charge in [-0.3, -0.25) is 4.57 Å². The molecule has 0 aliphatic heterocycles. The molecular formula is C35H19N3S. The molecule has 0 aliphatic carbocycles. The predicted octanol–water partition coefficient (Wildman–Crippen LogP) is 9.70. The average Bonchev–Trinajstić information content (AvgIpc) is 3.61. The van der Waals surface area contributed by atoms with E-state index in [1.165, 1.54) is 80.1 Å². The number of thiophene rings is 1. The van der Waals surface area contributed by atoms with Crippen molar-refractivity contribution in [1.29, 1.82) is 0 Å². The van der Waals surface area contributed by atoms with Crippen molar-refractivity contribution in [2.24, 2.45) is 0 Å². The highest BCUT2D eigenvalue weighted by Gasteiger charge is 2.25. The van der Waals surface area contributed by atoms with Crippen LogP contribution in [0.1, 0.15) is 0 Å². The van der Waals surface area contributed by atoms with Crippen LogP contribution < -0.4 is 0 Å². The molecule has 0 bridgehead atoms. The first-order chi connectivity index (χ1) is 19.4. The number of fused-ring (bicyclic) bond motifs is 9. The Bertz CT molecular complexity index is 2610. The molecule has 0 saturated carbocycles. The van der Waals surface area contributed by atoms with E-state index < -0.39 is 0 Å². The Labute approximate surface area is 226 Å². The first-order valence-electron chi connectivity index (χ1n) is 13.2. The highest BCUT2D eigenvalue weighted by Crippen LogP contribution is 2.47. The van der Waals surface area contributed by atoms with Crippen molar-refractivity contribution in [3.8, 4) is 5.82 Å². The summed E-state index contributed by atoms with van der Waals surface area (Å²) in [7, 11) is 0. The van der Waals surface area contributed by atoms with E-state index in [-0.39, 0.29) is 0 Å². The second kappa shape index (κ2) is 6.93. The fraction of sp³-hybridized carbons (Fsp3) is 0. The zero-order chi connectivity index (χ0) is 25.2. The minimum absolute atomic E-state index is 1.00. The summed E-state index contributed by atoms with van der Waals surface area (Å²) in [6.07, 6.45) is 1.97. The molecule has 10 aromatic rings. The third-order valence-corrected chi connectivity index (χ3v) is 9.68. The molecule has 3 nitrogen and oxygen atoms in total. The maximum Gasteiger partial charge on any atom is 0.155 e. The monoisotopic (exact) mass is 513 g/mol. The number of nitrogens with zero attached hydrogens (tertiary/aromatic N) is 3. The van der Waals surface area contributed by atoms with Crippen molar-refractivity contribution >= 4 is 91.4 Å². The Hall–Kier alpha value is -4.93. The molecule has 0 amide bonds. The van der Waals surface area contributed by atoms with E-state index in [1.54, 1.807) is 0 Å². The first-order valence-corrected chi connectivity index (χ1v) is 14.1. The Balaban J connectivity index is 1.57. The second-order valence-corrected chi connectivity index (χ2v) is 11.4. The molecule has 0 N–H and O–H groups in total. The molecule has 0 fully saturated rings. The van der Waals surface area contributed by atoms with Crippen molar-refractivity contribution in [3.05, 3.63) is 115 Å². The van der Waals surface area contributed by atoms with Gasteiger partial charge in [-0.15, -0.1) is 11.3 Å². The van der Waals surface area contributed by atoms with Gasteiger partial charge in [-0.2, -0.15) is 0 Å². The molecule has 0 unspecified atom stereocenters. The van der Waals surface area contributed by atoms with Crippen LogP contribution >= 0.6 is 11.3 Å². The number of aromatic nitrogens is 3. The van der Waals surface area contributed by atoms with Crippen molar-refractivity contribution in [2.75, 3.05) is 0 Å². The summed E-state index contributed by atoms with van der Waals surface area (Å²) >= 11 is 1.84. The molecule has 0 saturated heterocycles. The molecule has 0 spiro atoms. The van der Waals surface area contributed by atoms with Gasteiger partial charge in [0, 0.05) is 43.2 Å². The summed E-state index contributed by atoms with van der Waals surface area (Å²) < 4.78 is 7.44. The normalized spacial score (nSPS) is 12.6. The fourth-order valence-corrected chi connectivity index (χ4v) is 8.16. The molecule has 5 aromatic carbocycles. The quantitative estimate of drug-likeness (QED) is 0.214. The van der Waals surface area contributed by atoms with Gasteiger partial charge in [-0.05, 0) is 41.1 Å². The van der Waals surface area contributed by atoms with Crippen LogP contribution in [0, 0.1) is 0 Å². The molecule has 180 valence electrons. The van der Waals surface area contributed by atoms with E-state index in [4.69, 9.17) is 4.98 Å². The minimum Gasteiger partial charge on any atom is -0.306 e. The van der Waals surface area contributed by atoms with Gasteiger partial charge in [0.05, 0.1) is 32.3 Å². The molecule has 0 aliphatic rings. The Kier molecular flexibility index (Phi) is 3.57. The lowest BCUT2D eigenvalue weighted by Crippen LogP contribution is -1.97. The van der Waals surface area contributed by atoms with Gasteiger partial charge < -0.3 is 4.40 Å². The molecule has 0 atom stereocenters. The van der Waals surface area contributed by atoms with Crippen molar-refractivity contribution < 1.29 is 0 Å². The van der Waals surface area contributed by atoms with Crippen LogP contribution in [0.4, 0.5) is 0 Å². The molecule has 4 heteroatoms. The molecule has 39 heavy (non-hydrogen) atoms. The maximum atomic E-state index is 5.09. The largest absolute Gasteiger partial charge is 0.306 e. The lowest BCUT2D eigenvalue weighted by Gasteiger charge is -2.09. The van der Waals surface area contributed by atoms with Crippen LogP contribution in [0.25, 0.3) is 85.9 Å². The zero-order valence-corrected chi connectivity index (χ0v) is 21.5. The van der Waals surface area contributed by atoms with E-state index >= 15 is 0 Å². The van der Waals surface area contributed by atoms with Gasteiger partial charge >= 0.3 is 0 Å². The van der Waals surface area contributed by atoms with Gasteiger partial charge in [0.25, 0.3) is 0 Å². The van der Waals surface area contributed by atoms with Crippen LogP contribution in [0.5, 0.6) is 0 Å². The number of rotatable bonds is 1. The first kappa shape index (κ1) is 20.1. The number of pyridine rings is 1. The molecule has 0 radical (unpaired) electrons. The summed E-state index contributed by atoms with van der Waals surface area (Å²) in [5.74, 6) is 1.00. The molecule has 10 rings (SSSR count). The predicted molar refractivity (Wildman–Crippen MR) is 166 cm³/mol. The van der Waals surface area contributed by atoms with Gasteiger partial charge in [-0.1, -0.05) is 78.9 Å². The number of para-hydroxylation sites is 2. The summed E-state index contributed by atoms with van der Waals surface area (Å²) in [4.78, 5) is 5.09. The Morgan fingerprint density at radius 2 is 1.26 bits per heavy atom. The average molecular weight is 514 g/mol. The number of hydrogen-bond donors (Lipinski definition) is 0. The van der Waals surface area contributed by atoms with Crippen LogP contribution in [0.3, 0.4) is 0 Å². The maximum absolute atomic E-state index is 5.09. The Morgan fingerprint density at radius 1 is 0.513 bits per heavy atom. The van der Waals surface area contributed by atoms with E-state index in [0.29, 0.717) is 0 Å². The third kappa shape index (κ3) is 2.33. The van der Waals surface area contributed by atoms with Crippen LogP contribution in [-0.2, 0) is 0 Å². The zero-order valence-electron chi connectivity index (χ0n) is 20.7. The van der Waals surface area contributed by atoms with Gasteiger partial charge in [0.1, 0.15) is 0 Å². The smallest absolute Gasteiger partial charge is 0.155 e. The van der Waals surface area contributed by atoms with Gasteiger partial charge in [0.2, 0.25) is 0 Å². The molecular weight excluding hydrogens is 494 g/mol. The number of benzene rings is 5. The standard InChI is InChI=1S/C35H19N3S/c1-4-13-26-21(9-1)23-12-7-8-20-16-17-28-31(30(20)23)33-32(25-11-2-5-14-27(25)37(26)33)38(28)35-34-24(18-19-36-35)22-10-3-6-15-29(22)39-34/h1-19H. The van der Waals surface area contributed by atoms with Crippen LogP contribution in [-0.4, -0.2) is 14.0 Å². The Morgan fingerprint density at radius 3 is 2.15 bits per heavy atom. The van der Waals surface area contributed by atoms with Crippen molar-refractivity contribution in [2.45, 2.75) is 0 Å². The van der Waals surface area contributed by atoms with Crippen molar-refractivity contribution in [3.63, 3.8) is 0 Å². The van der Waals surface area contributed by atoms with E-state index in [1.807, 2.05) is 17.5 Å². The van der Waals surface area contributed by atoms with Crippen LogP contribution in [0.2, 0.25) is 0 Å². The SMILES string of the molecule is c1ccc2c(c1)sc1c(-n3c4ccc5cccc6c7ccccc7n7c8ccccc8c3c7c4c56)nccc12. The van der Waals surface area contributed by atoms with Crippen LogP contribution in [0.15, 0.2) is 115 Å². The third-order valence-electron chi connectivity index (χ3n) is 8.49. The summed E-state index contributed by atoms with van der Waals surface area (Å²) in [6, 6.07) is 39.8. The minimum atomic E-state index is 1.00. The lowest BCUT2D eigenvalue weighted by atomic mass is 10.0. The van der Waals surface area contributed by atoms with Gasteiger partial charge in [0.15, 0.2) is 5.82 Å². The van der Waals surface area contributed by atoms with E-state index in [2.05, 4.69) is 118 Å². The molecule has 5 heterocycles. The van der Waals surface area contributed by atoms with Crippen molar-refractivity contribution in [1.82, 2.24) is 14.0 Å². The lowest BCUT2D eigenvalue weighted by molar-refractivity contribution is 1.11. The fourth-order valence-electron chi connectivity index (χ4n) is 6.98. The van der Waals surface area contributed by atoms with E-state index in [9.17, 15) is 0 Å². The van der Waals surface area contributed by atoms with Gasteiger partial charge in [-0.25, -0.2) is 4.98 Å².